The fourth-order valence-electron chi connectivity index (χ4n) is 3.89. The third-order valence-electron chi connectivity index (χ3n) is 5.33. The maximum absolute atomic E-state index is 13.1. The number of methoxy groups -OCH3 is 1. The highest BCUT2D eigenvalue weighted by Crippen LogP contribution is 2.32. The lowest BCUT2D eigenvalue weighted by Crippen LogP contribution is -2.43. The van der Waals surface area contributed by atoms with Gasteiger partial charge >= 0.3 is 0 Å². The fourth-order valence-corrected chi connectivity index (χ4v) is 4.60. The SMILES string of the molecule is COc1ccc2c(c1)C(=CC(=O)c1cccc(NC(=O)Cc3cccs3)c1)NC(C)(C)C2. The number of nitrogens with one attached hydrogen (secondary N) is 2. The van der Waals surface area contributed by atoms with Crippen LogP contribution in [0.15, 0.2) is 66.1 Å². The number of amides is 1. The van der Waals surface area contributed by atoms with Crippen molar-refractivity contribution in [2.45, 2.75) is 32.2 Å². The van der Waals surface area contributed by atoms with E-state index in [9.17, 15) is 9.59 Å². The van der Waals surface area contributed by atoms with Crippen LogP contribution < -0.4 is 15.4 Å². The van der Waals surface area contributed by atoms with Crippen molar-refractivity contribution in [2.24, 2.45) is 0 Å². The van der Waals surface area contributed by atoms with E-state index in [1.165, 1.54) is 5.56 Å². The summed E-state index contributed by atoms with van der Waals surface area (Å²) in [5.41, 5.74) is 3.86. The van der Waals surface area contributed by atoms with Crippen molar-refractivity contribution in [1.82, 2.24) is 5.32 Å². The zero-order valence-electron chi connectivity index (χ0n) is 18.4. The topological polar surface area (TPSA) is 67.4 Å². The van der Waals surface area contributed by atoms with Gasteiger partial charge in [0.1, 0.15) is 5.75 Å². The Labute approximate surface area is 192 Å². The molecule has 0 bridgehead atoms. The molecule has 0 fully saturated rings. The maximum atomic E-state index is 13.1. The van der Waals surface area contributed by atoms with E-state index in [0.717, 1.165) is 28.3 Å². The summed E-state index contributed by atoms with van der Waals surface area (Å²) in [5.74, 6) is 0.513. The van der Waals surface area contributed by atoms with Crippen molar-refractivity contribution in [1.29, 1.82) is 0 Å². The molecule has 5 nitrogen and oxygen atoms in total. The van der Waals surface area contributed by atoms with Crippen LogP contribution in [-0.2, 0) is 17.6 Å². The lowest BCUT2D eigenvalue weighted by atomic mass is 9.85. The molecule has 0 aliphatic carbocycles. The van der Waals surface area contributed by atoms with Crippen LogP contribution in [0.3, 0.4) is 0 Å². The molecule has 2 heterocycles. The summed E-state index contributed by atoms with van der Waals surface area (Å²) < 4.78 is 5.38. The Hall–Kier alpha value is -3.38. The van der Waals surface area contributed by atoms with Crippen LogP contribution in [0.4, 0.5) is 5.69 Å². The predicted molar refractivity (Wildman–Crippen MR) is 129 cm³/mol. The molecule has 6 heteroatoms. The molecule has 2 aromatic carbocycles. The van der Waals surface area contributed by atoms with E-state index in [4.69, 9.17) is 4.74 Å². The monoisotopic (exact) mass is 446 g/mol. The van der Waals surface area contributed by atoms with Gasteiger partial charge in [0.2, 0.25) is 5.91 Å². The second kappa shape index (κ2) is 9.01. The molecular weight excluding hydrogens is 420 g/mol. The summed E-state index contributed by atoms with van der Waals surface area (Å²) in [5, 5.41) is 8.32. The maximum Gasteiger partial charge on any atom is 0.229 e. The number of benzene rings is 2. The average Bonchev–Trinajstić information content (AvgIpc) is 3.25. The molecule has 4 rings (SSSR count). The number of thiophene rings is 1. The van der Waals surface area contributed by atoms with Gasteiger partial charge in [-0.2, -0.15) is 0 Å². The highest BCUT2D eigenvalue weighted by Gasteiger charge is 2.28. The van der Waals surface area contributed by atoms with Crippen molar-refractivity contribution in [3.63, 3.8) is 0 Å². The third kappa shape index (κ3) is 5.08. The molecule has 32 heavy (non-hydrogen) atoms. The zero-order valence-corrected chi connectivity index (χ0v) is 19.2. The molecule has 0 saturated heterocycles. The zero-order chi connectivity index (χ0) is 22.7. The number of ether oxygens (including phenoxy) is 1. The Kier molecular flexibility index (Phi) is 6.15. The predicted octanol–water partition coefficient (Wildman–Crippen LogP) is 5.09. The van der Waals surface area contributed by atoms with Gasteiger partial charge in [0.25, 0.3) is 0 Å². The second-order valence-electron chi connectivity index (χ2n) is 8.52. The fraction of sp³-hybridized carbons (Fsp3) is 0.231. The number of anilines is 1. The molecule has 1 aliphatic heterocycles. The first-order valence-corrected chi connectivity index (χ1v) is 11.3. The molecule has 164 valence electrons. The number of ketones is 1. The van der Waals surface area contributed by atoms with Gasteiger partial charge in [0.15, 0.2) is 5.78 Å². The van der Waals surface area contributed by atoms with Crippen LogP contribution >= 0.6 is 11.3 Å². The smallest absolute Gasteiger partial charge is 0.229 e. The van der Waals surface area contributed by atoms with Gasteiger partial charge in [-0.1, -0.05) is 24.3 Å². The molecular formula is C26H26N2O3S. The van der Waals surface area contributed by atoms with Crippen molar-refractivity contribution in [3.8, 4) is 5.75 Å². The summed E-state index contributed by atoms with van der Waals surface area (Å²) >= 11 is 1.55. The standard InChI is InChI=1S/C26H26N2O3S/c1-26(2)16-18-9-10-20(31-3)13-22(18)23(28-26)15-24(29)17-6-4-7-19(12-17)27-25(30)14-21-8-5-11-32-21/h4-13,15,28H,14,16H2,1-3H3,(H,27,30). The second-order valence-corrected chi connectivity index (χ2v) is 9.55. The van der Waals surface area contributed by atoms with Crippen molar-refractivity contribution < 1.29 is 14.3 Å². The Morgan fingerprint density at radius 2 is 2.00 bits per heavy atom. The Morgan fingerprint density at radius 1 is 1.16 bits per heavy atom. The van der Waals surface area contributed by atoms with Crippen LogP contribution in [-0.4, -0.2) is 24.3 Å². The normalized spacial score (nSPS) is 15.5. The summed E-state index contributed by atoms with van der Waals surface area (Å²) in [7, 11) is 1.63. The molecule has 0 saturated carbocycles. The van der Waals surface area contributed by atoms with Gasteiger partial charge in [0, 0.05) is 39.0 Å². The quantitative estimate of drug-likeness (QED) is 0.409. The van der Waals surface area contributed by atoms with Crippen LogP contribution in [0.2, 0.25) is 0 Å². The van der Waals surface area contributed by atoms with Crippen molar-refractivity contribution in [3.05, 3.63) is 87.6 Å². The van der Waals surface area contributed by atoms with Gasteiger partial charge in [-0.3, -0.25) is 9.59 Å². The number of hydrogen-bond donors (Lipinski definition) is 2. The molecule has 1 aliphatic rings. The molecule has 0 unspecified atom stereocenters. The van der Waals surface area contributed by atoms with E-state index in [1.54, 1.807) is 48.8 Å². The Bertz CT molecular complexity index is 1180. The van der Waals surface area contributed by atoms with E-state index >= 15 is 0 Å². The largest absolute Gasteiger partial charge is 0.497 e. The summed E-state index contributed by atoms with van der Waals surface area (Å²) in [4.78, 5) is 26.4. The van der Waals surface area contributed by atoms with Crippen LogP contribution in [0.1, 0.15) is 40.2 Å². The summed E-state index contributed by atoms with van der Waals surface area (Å²) in [6, 6.07) is 16.9. The third-order valence-corrected chi connectivity index (χ3v) is 6.21. The van der Waals surface area contributed by atoms with E-state index in [2.05, 4.69) is 30.5 Å². The number of rotatable bonds is 6. The average molecular weight is 447 g/mol. The summed E-state index contributed by atoms with van der Waals surface area (Å²) in [6.45, 7) is 4.23. The van der Waals surface area contributed by atoms with Gasteiger partial charge < -0.3 is 15.4 Å². The van der Waals surface area contributed by atoms with Crippen molar-refractivity contribution in [2.75, 3.05) is 12.4 Å². The lowest BCUT2D eigenvalue weighted by molar-refractivity contribution is -0.115. The minimum Gasteiger partial charge on any atom is -0.497 e. The molecule has 2 N–H and O–H groups in total. The molecule has 0 atom stereocenters. The van der Waals surface area contributed by atoms with Gasteiger partial charge in [0.05, 0.1) is 13.5 Å². The van der Waals surface area contributed by atoms with Gasteiger partial charge in [-0.15, -0.1) is 11.3 Å². The van der Waals surface area contributed by atoms with E-state index in [-0.39, 0.29) is 17.2 Å². The molecule has 1 amide bonds. The van der Waals surface area contributed by atoms with Crippen LogP contribution in [0.25, 0.3) is 5.70 Å². The lowest BCUT2D eigenvalue weighted by Gasteiger charge is -2.35. The minimum absolute atomic E-state index is 0.105. The molecule has 1 aromatic heterocycles. The number of fused-ring (bicyclic) bond motifs is 1. The highest BCUT2D eigenvalue weighted by atomic mass is 32.1. The van der Waals surface area contributed by atoms with Gasteiger partial charge in [-0.05, 0) is 61.5 Å². The molecule has 0 radical (unpaired) electrons. The van der Waals surface area contributed by atoms with E-state index < -0.39 is 0 Å². The molecule has 3 aromatic rings. The van der Waals surface area contributed by atoms with E-state index in [1.807, 2.05) is 29.6 Å². The first-order valence-electron chi connectivity index (χ1n) is 10.5. The number of carbonyl (C=O) groups excluding carboxylic acids is 2. The van der Waals surface area contributed by atoms with E-state index in [0.29, 0.717) is 17.7 Å². The minimum atomic E-state index is -0.175. The first kappa shape index (κ1) is 21.8. The number of allylic oxidation sites excluding steroid dienone is 1. The number of carbonyl (C=O) groups is 2. The Balaban J connectivity index is 1.57. The highest BCUT2D eigenvalue weighted by molar-refractivity contribution is 7.10. The summed E-state index contributed by atoms with van der Waals surface area (Å²) in [6.07, 6.45) is 2.80. The van der Waals surface area contributed by atoms with Crippen LogP contribution in [0, 0.1) is 0 Å². The first-order chi connectivity index (χ1) is 15.3. The van der Waals surface area contributed by atoms with Crippen molar-refractivity contribution >= 4 is 34.4 Å². The van der Waals surface area contributed by atoms with Crippen LogP contribution in [0.5, 0.6) is 5.75 Å². The number of hydrogen-bond acceptors (Lipinski definition) is 5. The molecule has 0 spiro atoms. The van der Waals surface area contributed by atoms with Gasteiger partial charge in [-0.25, -0.2) is 0 Å². The Morgan fingerprint density at radius 3 is 2.75 bits per heavy atom.